The highest BCUT2D eigenvalue weighted by Crippen LogP contribution is 2.21. The smallest absolute Gasteiger partial charge is 0.257 e. The standard InChI is InChI=1S/C9H9ClN4O/c1-14(2)9(15)5-3-11-7-6(5)12-4-13-8(7)10/h3-4,11H,1-2H3. The van der Waals surface area contributed by atoms with E-state index in [-0.39, 0.29) is 5.91 Å². The summed E-state index contributed by atoms with van der Waals surface area (Å²) in [5, 5.41) is 0.317. The zero-order valence-corrected chi connectivity index (χ0v) is 9.04. The minimum absolute atomic E-state index is 0.115. The number of halogens is 1. The summed E-state index contributed by atoms with van der Waals surface area (Å²) in [4.78, 5) is 24.0. The van der Waals surface area contributed by atoms with Crippen molar-refractivity contribution in [1.29, 1.82) is 0 Å². The van der Waals surface area contributed by atoms with E-state index in [0.29, 0.717) is 21.7 Å². The van der Waals surface area contributed by atoms with Crippen molar-refractivity contribution in [1.82, 2.24) is 19.9 Å². The average molecular weight is 225 g/mol. The molecule has 2 aromatic rings. The van der Waals surface area contributed by atoms with Crippen molar-refractivity contribution in [3.8, 4) is 0 Å². The van der Waals surface area contributed by atoms with Crippen LogP contribution in [0.3, 0.4) is 0 Å². The van der Waals surface area contributed by atoms with Gasteiger partial charge in [-0.05, 0) is 0 Å². The first-order valence-electron chi connectivity index (χ1n) is 4.30. The fraction of sp³-hybridized carbons (Fsp3) is 0.222. The molecule has 5 nitrogen and oxygen atoms in total. The Bertz CT molecular complexity index is 520. The van der Waals surface area contributed by atoms with Gasteiger partial charge in [0.1, 0.15) is 17.4 Å². The second-order valence-corrected chi connectivity index (χ2v) is 3.65. The summed E-state index contributed by atoms with van der Waals surface area (Å²) >= 11 is 5.85. The summed E-state index contributed by atoms with van der Waals surface area (Å²) in [5.41, 5.74) is 1.64. The largest absolute Gasteiger partial charge is 0.357 e. The van der Waals surface area contributed by atoms with Gasteiger partial charge < -0.3 is 9.88 Å². The lowest BCUT2D eigenvalue weighted by molar-refractivity contribution is 0.0829. The molecule has 0 aliphatic rings. The molecule has 0 radical (unpaired) electrons. The van der Waals surface area contributed by atoms with Gasteiger partial charge in [0.2, 0.25) is 0 Å². The van der Waals surface area contributed by atoms with E-state index in [4.69, 9.17) is 11.6 Å². The number of nitrogens with zero attached hydrogens (tertiary/aromatic N) is 3. The van der Waals surface area contributed by atoms with Crippen molar-refractivity contribution < 1.29 is 4.79 Å². The first-order chi connectivity index (χ1) is 7.11. The monoisotopic (exact) mass is 224 g/mol. The Hall–Kier alpha value is -1.62. The highest BCUT2D eigenvalue weighted by atomic mass is 35.5. The molecule has 0 saturated heterocycles. The molecule has 2 heterocycles. The molecule has 0 aromatic carbocycles. The predicted molar refractivity (Wildman–Crippen MR) is 56.9 cm³/mol. The van der Waals surface area contributed by atoms with Crippen molar-refractivity contribution in [2.24, 2.45) is 0 Å². The van der Waals surface area contributed by atoms with Gasteiger partial charge in [0, 0.05) is 20.3 Å². The molecule has 0 aliphatic carbocycles. The quantitative estimate of drug-likeness (QED) is 0.743. The number of aromatic nitrogens is 3. The van der Waals surface area contributed by atoms with Crippen molar-refractivity contribution in [3.63, 3.8) is 0 Å². The van der Waals surface area contributed by atoms with Gasteiger partial charge in [0.15, 0.2) is 5.15 Å². The number of H-pyrrole nitrogens is 1. The molecule has 6 heteroatoms. The minimum Gasteiger partial charge on any atom is -0.357 e. The summed E-state index contributed by atoms with van der Waals surface area (Å²) in [6.07, 6.45) is 2.93. The molecule has 0 saturated carbocycles. The van der Waals surface area contributed by atoms with Crippen molar-refractivity contribution >= 4 is 28.5 Å². The van der Waals surface area contributed by atoms with Crippen LogP contribution in [0.1, 0.15) is 10.4 Å². The SMILES string of the molecule is CN(C)C(=O)c1c[nH]c2c(Cl)ncnc12. The lowest BCUT2D eigenvalue weighted by atomic mass is 10.2. The van der Waals surface area contributed by atoms with E-state index >= 15 is 0 Å². The van der Waals surface area contributed by atoms with Gasteiger partial charge in [0.25, 0.3) is 5.91 Å². The molecule has 2 aromatic heterocycles. The molecule has 0 bridgehead atoms. The molecule has 0 spiro atoms. The van der Waals surface area contributed by atoms with Crippen LogP contribution in [-0.2, 0) is 0 Å². The molecular formula is C9H9ClN4O. The maximum absolute atomic E-state index is 11.7. The second kappa shape index (κ2) is 3.51. The number of hydrogen-bond acceptors (Lipinski definition) is 3. The van der Waals surface area contributed by atoms with Crippen LogP contribution in [0.15, 0.2) is 12.5 Å². The summed E-state index contributed by atoms with van der Waals surface area (Å²) in [7, 11) is 3.37. The average Bonchev–Trinajstić information content (AvgIpc) is 2.61. The zero-order valence-electron chi connectivity index (χ0n) is 8.28. The Morgan fingerprint density at radius 2 is 2.20 bits per heavy atom. The van der Waals surface area contributed by atoms with Crippen LogP contribution in [0.2, 0.25) is 5.15 Å². The third-order valence-corrected chi connectivity index (χ3v) is 2.34. The highest BCUT2D eigenvalue weighted by molar-refractivity contribution is 6.34. The van der Waals surface area contributed by atoms with Gasteiger partial charge in [-0.15, -0.1) is 0 Å². The molecular weight excluding hydrogens is 216 g/mol. The topological polar surface area (TPSA) is 61.9 Å². The van der Waals surface area contributed by atoms with Gasteiger partial charge in [-0.3, -0.25) is 4.79 Å². The summed E-state index contributed by atoms with van der Waals surface area (Å²) < 4.78 is 0. The molecule has 0 fully saturated rings. The Morgan fingerprint density at radius 1 is 1.47 bits per heavy atom. The molecule has 2 rings (SSSR count). The summed E-state index contributed by atoms with van der Waals surface area (Å²) in [6.45, 7) is 0. The number of rotatable bonds is 1. The van der Waals surface area contributed by atoms with Gasteiger partial charge >= 0.3 is 0 Å². The zero-order chi connectivity index (χ0) is 11.0. The number of aromatic amines is 1. The van der Waals surface area contributed by atoms with E-state index in [1.165, 1.54) is 11.2 Å². The number of nitrogens with one attached hydrogen (secondary N) is 1. The van der Waals surface area contributed by atoms with Crippen LogP contribution in [0, 0.1) is 0 Å². The van der Waals surface area contributed by atoms with Crippen molar-refractivity contribution in [2.75, 3.05) is 14.1 Å². The molecule has 0 atom stereocenters. The number of carbonyl (C=O) groups is 1. The van der Waals surface area contributed by atoms with Crippen LogP contribution in [0.4, 0.5) is 0 Å². The molecule has 78 valence electrons. The fourth-order valence-electron chi connectivity index (χ4n) is 1.31. The van der Waals surface area contributed by atoms with Crippen molar-refractivity contribution in [3.05, 3.63) is 23.2 Å². The van der Waals surface area contributed by atoms with Crippen LogP contribution in [-0.4, -0.2) is 39.9 Å². The summed E-state index contributed by atoms with van der Waals surface area (Å²) in [6, 6.07) is 0. The molecule has 0 unspecified atom stereocenters. The Labute approximate surface area is 91.1 Å². The van der Waals surface area contributed by atoms with Crippen LogP contribution < -0.4 is 0 Å². The van der Waals surface area contributed by atoms with E-state index in [9.17, 15) is 4.79 Å². The maximum Gasteiger partial charge on any atom is 0.257 e. The van der Waals surface area contributed by atoms with E-state index in [1.54, 1.807) is 20.3 Å². The maximum atomic E-state index is 11.7. The number of amides is 1. The first kappa shape index (κ1) is 9.92. The Balaban J connectivity index is 2.64. The first-order valence-corrected chi connectivity index (χ1v) is 4.68. The predicted octanol–water partition coefficient (Wildman–Crippen LogP) is 1.31. The normalized spacial score (nSPS) is 10.6. The molecule has 0 aliphatic heterocycles. The van der Waals surface area contributed by atoms with E-state index < -0.39 is 0 Å². The van der Waals surface area contributed by atoms with Gasteiger partial charge in [0.05, 0.1) is 5.56 Å². The minimum atomic E-state index is -0.115. The van der Waals surface area contributed by atoms with Gasteiger partial charge in [-0.1, -0.05) is 11.6 Å². The molecule has 1 amide bonds. The summed E-state index contributed by atoms with van der Waals surface area (Å²) in [5.74, 6) is -0.115. The Morgan fingerprint density at radius 3 is 2.87 bits per heavy atom. The lowest BCUT2D eigenvalue weighted by Crippen LogP contribution is -2.21. The van der Waals surface area contributed by atoms with Crippen LogP contribution >= 0.6 is 11.6 Å². The third kappa shape index (κ3) is 1.55. The molecule has 15 heavy (non-hydrogen) atoms. The number of hydrogen-bond donors (Lipinski definition) is 1. The van der Waals surface area contributed by atoms with Crippen molar-refractivity contribution in [2.45, 2.75) is 0 Å². The van der Waals surface area contributed by atoms with E-state index in [1.807, 2.05) is 0 Å². The van der Waals surface area contributed by atoms with Crippen LogP contribution in [0.25, 0.3) is 11.0 Å². The number of carbonyl (C=O) groups excluding carboxylic acids is 1. The second-order valence-electron chi connectivity index (χ2n) is 3.29. The van der Waals surface area contributed by atoms with Gasteiger partial charge in [-0.25, -0.2) is 9.97 Å². The van der Waals surface area contributed by atoms with E-state index in [2.05, 4.69) is 15.0 Å². The number of fused-ring (bicyclic) bond motifs is 1. The lowest BCUT2D eigenvalue weighted by Gasteiger charge is -2.08. The van der Waals surface area contributed by atoms with Crippen LogP contribution in [0.5, 0.6) is 0 Å². The van der Waals surface area contributed by atoms with E-state index in [0.717, 1.165) is 0 Å². The Kier molecular flexibility index (Phi) is 2.32. The van der Waals surface area contributed by atoms with Gasteiger partial charge in [-0.2, -0.15) is 0 Å². The highest BCUT2D eigenvalue weighted by Gasteiger charge is 2.16. The fourth-order valence-corrected chi connectivity index (χ4v) is 1.50. The third-order valence-electron chi connectivity index (χ3n) is 2.05. The molecule has 1 N–H and O–H groups in total.